The Hall–Kier alpha value is -1.80. The number of benzene rings is 2. The zero-order valence-corrected chi connectivity index (χ0v) is 14.0. The maximum Gasteiger partial charge on any atom is 0.118 e. The Morgan fingerprint density at radius 2 is 1.24 bits per heavy atom. The van der Waals surface area contributed by atoms with Crippen molar-refractivity contribution in [3.63, 3.8) is 0 Å². The van der Waals surface area contributed by atoms with E-state index < -0.39 is 0 Å². The van der Waals surface area contributed by atoms with Crippen LogP contribution in [0.1, 0.15) is 33.3 Å². The first kappa shape index (κ1) is 19.2. The SMILES string of the molecule is CC.COc1ccc(CC(C)(C)N)cc1.c1ccccc1. The Kier molecular flexibility index (Phi) is 9.99. The predicted molar refractivity (Wildman–Crippen MR) is 92.8 cm³/mol. The summed E-state index contributed by atoms with van der Waals surface area (Å²) in [5.74, 6) is 0.888. The number of hydrogen-bond acceptors (Lipinski definition) is 2. The van der Waals surface area contributed by atoms with E-state index in [9.17, 15) is 0 Å². The molecule has 0 atom stereocenters. The third kappa shape index (κ3) is 10.6. The molecule has 2 nitrogen and oxygen atoms in total. The second-order valence-electron chi connectivity index (χ2n) is 5.17. The lowest BCUT2D eigenvalue weighted by Crippen LogP contribution is -2.34. The lowest BCUT2D eigenvalue weighted by molar-refractivity contribution is 0.414. The summed E-state index contributed by atoms with van der Waals surface area (Å²) in [6.07, 6.45) is 0.886. The zero-order valence-electron chi connectivity index (χ0n) is 14.0. The Balaban J connectivity index is 0.000000416. The average molecular weight is 287 g/mol. The monoisotopic (exact) mass is 287 g/mol. The van der Waals surface area contributed by atoms with Gasteiger partial charge in [0.25, 0.3) is 0 Å². The molecule has 0 aromatic heterocycles. The van der Waals surface area contributed by atoms with E-state index >= 15 is 0 Å². The predicted octanol–water partition coefficient (Wildman–Crippen LogP) is 4.69. The van der Waals surface area contributed by atoms with Crippen LogP contribution >= 0.6 is 0 Å². The van der Waals surface area contributed by atoms with E-state index in [1.807, 2.05) is 88.4 Å². The van der Waals surface area contributed by atoms with Gasteiger partial charge in [-0.05, 0) is 38.0 Å². The highest BCUT2D eigenvalue weighted by Gasteiger charge is 2.10. The zero-order chi connectivity index (χ0) is 16.1. The standard InChI is InChI=1S/C11H17NO.C6H6.C2H6/c1-11(2,12)8-9-4-6-10(13-3)7-5-9;1-2-4-6-5-3-1;1-2/h4-7H,8,12H2,1-3H3;1-6H;1-2H3. The summed E-state index contributed by atoms with van der Waals surface area (Å²) in [7, 11) is 1.67. The number of hydrogen-bond donors (Lipinski definition) is 1. The molecule has 0 saturated heterocycles. The largest absolute Gasteiger partial charge is 0.497 e. The van der Waals surface area contributed by atoms with Crippen LogP contribution in [-0.4, -0.2) is 12.6 Å². The third-order valence-electron chi connectivity index (χ3n) is 2.49. The van der Waals surface area contributed by atoms with Crippen molar-refractivity contribution < 1.29 is 4.74 Å². The fraction of sp³-hybridized carbons (Fsp3) is 0.368. The van der Waals surface area contributed by atoms with Gasteiger partial charge < -0.3 is 10.5 Å². The van der Waals surface area contributed by atoms with Crippen molar-refractivity contribution in [1.29, 1.82) is 0 Å². The molecule has 0 amide bonds. The van der Waals surface area contributed by atoms with Crippen LogP contribution in [0.5, 0.6) is 5.75 Å². The molecule has 116 valence electrons. The molecule has 2 heteroatoms. The Morgan fingerprint density at radius 1 is 0.857 bits per heavy atom. The highest BCUT2D eigenvalue weighted by molar-refractivity contribution is 5.28. The fourth-order valence-corrected chi connectivity index (χ4v) is 1.65. The molecular formula is C19H29NO. The van der Waals surface area contributed by atoms with E-state index in [2.05, 4.69) is 0 Å². The van der Waals surface area contributed by atoms with Crippen LogP contribution < -0.4 is 10.5 Å². The molecule has 2 aromatic rings. The summed E-state index contributed by atoms with van der Waals surface area (Å²) in [6.45, 7) is 8.05. The van der Waals surface area contributed by atoms with Crippen molar-refractivity contribution in [2.24, 2.45) is 5.73 Å². The van der Waals surface area contributed by atoms with Gasteiger partial charge in [0.2, 0.25) is 0 Å². The molecule has 0 saturated carbocycles. The highest BCUT2D eigenvalue weighted by atomic mass is 16.5. The van der Waals surface area contributed by atoms with Crippen LogP contribution in [0, 0.1) is 0 Å². The van der Waals surface area contributed by atoms with Gasteiger partial charge in [0, 0.05) is 5.54 Å². The van der Waals surface area contributed by atoms with Crippen LogP contribution in [0.15, 0.2) is 60.7 Å². The van der Waals surface area contributed by atoms with Crippen molar-refractivity contribution in [1.82, 2.24) is 0 Å². The molecule has 21 heavy (non-hydrogen) atoms. The van der Waals surface area contributed by atoms with Gasteiger partial charge >= 0.3 is 0 Å². The van der Waals surface area contributed by atoms with Gasteiger partial charge in [-0.3, -0.25) is 0 Å². The second-order valence-corrected chi connectivity index (χ2v) is 5.17. The van der Waals surface area contributed by atoms with E-state index in [1.54, 1.807) is 7.11 Å². The molecule has 2 N–H and O–H groups in total. The topological polar surface area (TPSA) is 35.2 Å². The molecular weight excluding hydrogens is 258 g/mol. The Labute approximate surface area is 130 Å². The summed E-state index contributed by atoms with van der Waals surface area (Å²) in [6, 6.07) is 20.0. The fourth-order valence-electron chi connectivity index (χ4n) is 1.65. The number of nitrogens with two attached hydrogens (primary N) is 1. The van der Waals surface area contributed by atoms with E-state index in [0.29, 0.717) is 0 Å². The molecule has 0 aliphatic heterocycles. The van der Waals surface area contributed by atoms with E-state index in [4.69, 9.17) is 10.5 Å². The first-order chi connectivity index (χ1) is 10.0. The Bertz CT molecular complexity index is 417. The van der Waals surface area contributed by atoms with Crippen molar-refractivity contribution in [2.45, 2.75) is 39.7 Å². The summed E-state index contributed by atoms with van der Waals surface area (Å²) < 4.78 is 5.07. The summed E-state index contributed by atoms with van der Waals surface area (Å²) in [4.78, 5) is 0. The Morgan fingerprint density at radius 3 is 1.52 bits per heavy atom. The molecule has 0 heterocycles. The van der Waals surface area contributed by atoms with Gasteiger partial charge in [-0.2, -0.15) is 0 Å². The van der Waals surface area contributed by atoms with Gasteiger partial charge in [-0.1, -0.05) is 62.4 Å². The summed E-state index contributed by atoms with van der Waals surface area (Å²) in [5, 5.41) is 0. The molecule has 0 radical (unpaired) electrons. The van der Waals surface area contributed by atoms with Gasteiger partial charge in [0.05, 0.1) is 7.11 Å². The smallest absolute Gasteiger partial charge is 0.118 e. The van der Waals surface area contributed by atoms with Crippen LogP contribution in [0.3, 0.4) is 0 Å². The van der Waals surface area contributed by atoms with Gasteiger partial charge in [0.1, 0.15) is 5.75 Å². The number of methoxy groups -OCH3 is 1. The number of ether oxygens (including phenoxy) is 1. The molecule has 0 unspecified atom stereocenters. The third-order valence-corrected chi connectivity index (χ3v) is 2.49. The van der Waals surface area contributed by atoms with Crippen molar-refractivity contribution >= 4 is 0 Å². The minimum absolute atomic E-state index is 0.144. The normalized spacial score (nSPS) is 9.62. The minimum atomic E-state index is -0.144. The van der Waals surface area contributed by atoms with Gasteiger partial charge in [-0.15, -0.1) is 0 Å². The molecule has 0 aliphatic carbocycles. The van der Waals surface area contributed by atoms with Gasteiger partial charge in [0.15, 0.2) is 0 Å². The quantitative estimate of drug-likeness (QED) is 0.889. The molecule has 0 fully saturated rings. The lowest BCUT2D eigenvalue weighted by Gasteiger charge is -2.18. The number of rotatable bonds is 3. The maximum atomic E-state index is 5.91. The summed E-state index contributed by atoms with van der Waals surface area (Å²) >= 11 is 0. The van der Waals surface area contributed by atoms with E-state index in [1.165, 1.54) is 5.56 Å². The molecule has 2 aromatic carbocycles. The summed E-state index contributed by atoms with van der Waals surface area (Å²) in [5.41, 5.74) is 7.01. The second kappa shape index (κ2) is 10.9. The van der Waals surface area contributed by atoms with Crippen LogP contribution in [0.25, 0.3) is 0 Å². The highest BCUT2D eigenvalue weighted by Crippen LogP contribution is 2.14. The maximum absolute atomic E-state index is 5.91. The molecule has 0 bridgehead atoms. The first-order valence-corrected chi connectivity index (χ1v) is 7.43. The van der Waals surface area contributed by atoms with Crippen molar-refractivity contribution in [3.05, 3.63) is 66.2 Å². The molecule has 2 rings (SSSR count). The molecule has 0 spiro atoms. The lowest BCUT2D eigenvalue weighted by atomic mass is 9.96. The average Bonchev–Trinajstić information content (AvgIpc) is 2.51. The van der Waals surface area contributed by atoms with Crippen LogP contribution in [-0.2, 0) is 6.42 Å². The first-order valence-electron chi connectivity index (χ1n) is 7.43. The van der Waals surface area contributed by atoms with Crippen LogP contribution in [0.2, 0.25) is 0 Å². The minimum Gasteiger partial charge on any atom is -0.497 e. The van der Waals surface area contributed by atoms with Crippen molar-refractivity contribution in [2.75, 3.05) is 7.11 Å². The van der Waals surface area contributed by atoms with E-state index in [-0.39, 0.29) is 5.54 Å². The van der Waals surface area contributed by atoms with Gasteiger partial charge in [-0.25, -0.2) is 0 Å². The van der Waals surface area contributed by atoms with Crippen molar-refractivity contribution in [3.8, 4) is 5.75 Å². The van der Waals surface area contributed by atoms with E-state index in [0.717, 1.165) is 12.2 Å². The molecule has 0 aliphatic rings. The van der Waals surface area contributed by atoms with Crippen LogP contribution in [0.4, 0.5) is 0 Å².